The molecule has 0 radical (unpaired) electrons. The van der Waals surface area contributed by atoms with Crippen LogP contribution in [0, 0.1) is 35.5 Å². The molecule has 278 valence electrons. The number of aliphatic hydroxyl groups is 3. The number of methoxy groups -OCH3 is 1. The van der Waals surface area contributed by atoms with E-state index in [1.54, 1.807) is 62.3 Å². The average molecular weight is 689 g/mol. The first-order chi connectivity index (χ1) is 22.0. The summed E-state index contributed by atoms with van der Waals surface area (Å²) in [4.78, 5) is 52.0. The van der Waals surface area contributed by atoms with Crippen molar-refractivity contribution in [3.63, 3.8) is 0 Å². The molecule has 2 fully saturated rings. The smallest absolute Gasteiger partial charge is 0.311 e. The molecular weight excluding hydrogens is 628 g/mol. The summed E-state index contributed by atoms with van der Waals surface area (Å²) in [6.07, 6.45) is -7.64. The fourth-order valence-corrected chi connectivity index (χ4v) is 7.44. The monoisotopic (exact) mass is 688 g/mol. The number of hydrogen-bond acceptors (Lipinski definition) is 13. The molecule has 0 aliphatic carbocycles. The second-order valence-corrected chi connectivity index (χ2v) is 14.8. The van der Waals surface area contributed by atoms with E-state index >= 15 is 0 Å². The Labute approximate surface area is 285 Å². The molecule has 0 aromatic heterocycles. The number of aliphatic hydroxyl groups excluding tert-OH is 2. The number of hydrogen-bond donors (Lipinski definition) is 3. The summed E-state index contributed by atoms with van der Waals surface area (Å²) in [6.45, 7) is 18.8. The number of Topliss-reactive ketones (excluding diaryl/α,β-unsaturated/α-hetero) is 1. The number of cyclic esters (lactones) is 1. The molecule has 0 saturated carbocycles. The summed E-state index contributed by atoms with van der Waals surface area (Å²) in [5, 5.41) is 33.7. The average Bonchev–Trinajstić information content (AvgIpc) is 2.99. The fourth-order valence-electron chi connectivity index (χ4n) is 7.44. The Morgan fingerprint density at radius 3 is 1.96 bits per heavy atom. The van der Waals surface area contributed by atoms with Crippen molar-refractivity contribution in [1.29, 1.82) is 0 Å². The molecule has 0 aromatic rings. The van der Waals surface area contributed by atoms with Crippen LogP contribution in [0.4, 0.5) is 0 Å². The predicted molar refractivity (Wildman–Crippen MR) is 173 cm³/mol. The summed E-state index contributed by atoms with van der Waals surface area (Å²) >= 11 is 0. The van der Waals surface area contributed by atoms with Gasteiger partial charge in [0.2, 0.25) is 0 Å². The van der Waals surface area contributed by atoms with Crippen molar-refractivity contribution in [3.05, 3.63) is 0 Å². The van der Waals surface area contributed by atoms with E-state index in [0.717, 1.165) is 0 Å². The van der Waals surface area contributed by atoms with Crippen LogP contribution >= 0.6 is 0 Å². The molecule has 0 spiro atoms. The molecule has 2 aliphatic rings. The first-order valence-corrected chi connectivity index (χ1v) is 17.0. The Bertz CT molecular complexity index is 1120. The fraction of sp³-hybridized carbons (Fsp3) is 0.886. The van der Waals surface area contributed by atoms with E-state index < -0.39 is 119 Å². The van der Waals surface area contributed by atoms with Gasteiger partial charge in [-0.15, -0.1) is 0 Å². The molecule has 3 N–H and O–H groups in total. The number of ketones is 1. The standard InChI is InChI=1S/C35H60O13/c1-16-14-34(11,42)31(40)20(5)30(45-24(9)37)19(4)28(17(2)22(7)36)48-33(41)21(6)29(18(3)27(16)39)47-26-15-35(12,43-13)32(23(8)44-26)46-25(10)38/h16-23,26-30,32,36,39,42H,14-15H2,1-13H3. The van der Waals surface area contributed by atoms with Crippen molar-refractivity contribution < 1.29 is 62.9 Å². The molecule has 2 saturated heterocycles. The van der Waals surface area contributed by atoms with Gasteiger partial charge < -0.3 is 43.7 Å². The lowest BCUT2D eigenvalue weighted by Crippen LogP contribution is -2.59. The number of carbonyl (C=O) groups is 4. The molecule has 2 aliphatic heterocycles. The van der Waals surface area contributed by atoms with E-state index in [2.05, 4.69) is 0 Å². The van der Waals surface area contributed by atoms with E-state index in [9.17, 15) is 34.5 Å². The summed E-state index contributed by atoms with van der Waals surface area (Å²) in [6, 6.07) is 0. The van der Waals surface area contributed by atoms with Gasteiger partial charge in [0.05, 0.1) is 36.3 Å². The summed E-state index contributed by atoms with van der Waals surface area (Å²) in [5.41, 5.74) is -2.93. The van der Waals surface area contributed by atoms with Crippen LogP contribution < -0.4 is 0 Å². The molecule has 0 aromatic carbocycles. The highest BCUT2D eigenvalue weighted by Crippen LogP contribution is 2.39. The molecule has 2 rings (SSSR count). The minimum absolute atomic E-state index is 0.117. The third kappa shape index (κ3) is 9.75. The predicted octanol–water partition coefficient (Wildman–Crippen LogP) is 2.97. The lowest BCUT2D eigenvalue weighted by atomic mass is 9.74. The van der Waals surface area contributed by atoms with Crippen LogP contribution in [0.1, 0.15) is 95.9 Å². The zero-order valence-electron chi connectivity index (χ0n) is 30.9. The molecule has 13 nitrogen and oxygen atoms in total. The van der Waals surface area contributed by atoms with E-state index in [1.807, 2.05) is 0 Å². The van der Waals surface area contributed by atoms with Crippen molar-refractivity contribution in [3.8, 4) is 0 Å². The van der Waals surface area contributed by atoms with Crippen LogP contribution in [0.2, 0.25) is 0 Å². The van der Waals surface area contributed by atoms with Crippen molar-refractivity contribution >= 4 is 23.7 Å². The second kappa shape index (κ2) is 16.7. The molecule has 2 heterocycles. The maximum absolute atomic E-state index is 14.0. The van der Waals surface area contributed by atoms with Gasteiger partial charge in [0.1, 0.15) is 23.4 Å². The Morgan fingerprint density at radius 2 is 1.46 bits per heavy atom. The lowest BCUT2D eigenvalue weighted by molar-refractivity contribution is -0.300. The third-order valence-electron chi connectivity index (χ3n) is 10.6. The zero-order valence-corrected chi connectivity index (χ0v) is 30.9. The zero-order chi connectivity index (χ0) is 37.0. The van der Waals surface area contributed by atoms with Crippen molar-refractivity contribution in [2.24, 2.45) is 35.5 Å². The van der Waals surface area contributed by atoms with Crippen molar-refractivity contribution in [2.75, 3.05) is 7.11 Å². The van der Waals surface area contributed by atoms with Gasteiger partial charge in [0.15, 0.2) is 18.2 Å². The minimum Gasteiger partial charge on any atom is -0.461 e. The largest absolute Gasteiger partial charge is 0.461 e. The number of rotatable bonds is 7. The number of carbonyl (C=O) groups excluding carboxylic acids is 4. The first-order valence-electron chi connectivity index (χ1n) is 17.0. The summed E-state index contributed by atoms with van der Waals surface area (Å²) in [7, 11) is 1.49. The maximum atomic E-state index is 14.0. The maximum Gasteiger partial charge on any atom is 0.311 e. The molecule has 16 unspecified atom stereocenters. The Hall–Kier alpha value is -2.16. The van der Waals surface area contributed by atoms with Crippen LogP contribution in [-0.4, -0.2) is 106 Å². The third-order valence-corrected chi connectivity index (χ3v) is 10.6. The normalized spacial score (nSPS) is 43.3. The minimum atomic E-state index is -1.92. The van der Waals surface area contributed by atoms with Gasteiger partial charge in [-0.05, 0) is 47.0 Å². The Balaban J connectivity index is 2.65. The second-order valence-electron chi connectivity index (χ2n) is 14.8. The van der Waals surface area contributed by atoms with Crippen LogP contribution in [0.5, 0.6) is 0 Å². The molecule has 13 heteroatoms. The topological polar surface area (TPSA) is 184 Å². The van der Waals surface area contributed by atoms with Gasteiger partial charge in [0.25, 0.3) is 0 Å². The molecular formula is C35H60O13. The van der Waals surface area contributed by atoms with Gasteiger partial charge in [-0.3, -0.25) is 19.2 Å². The van der Waals surface area contributed by atoms with Crippen LogP contribution in [0.15, 0.2) is 0 Å². The molecule has 16 atom stereocenters. The van der Waals surface area contributed by atoms with Gasteiger partial charge in [-0.1, -0.05) is 34.6 Å². The lowest BCUT2D eigenvalue weighted by Gasteiger charge is -2.47. The first kappa shape index (κ1) is 42.0. The van der Waals surface area contributed by atoms with E-state index in [-0.39, 0.29) is 12.8 Å². The van der Waals surface area contributed by atoms with Gasteiger partial charge in [-0.25, -0.2) is 0 Å². The Morgan fingerprint density at radius 1 is 0.896 bits per heavy atom. The highest BCUT2D eigenvalue weighted by atomic mass is 16.7. The van der Waals surface area contributed by atoms with Crippen LogP contribution in [0.25, 0.3) is 0 Å². The van der Waals surface area contributed by atoms with Crippen LogP contribution in [0.3, 0.4) is 0 Å². The van der Waals surface area contributed by atoms with Crippen LogP contribution in [-0.2, 0) is 47.6 Å². The summed E-state index contributed by atoms with van der Waals surface area (Å²) < 4.78 is 35.7. The van der Waals surface area contributed by atoms with Gasteiger partial charge >= 0.3 is 17.9 Å². The highest BCUT2D eigenvalue weighted by Gasteiger charge is 2.51. The van der Waals surface area contributed by atoms with Crippen molar-refractivity contribution in [1.82, 2.24) is 0 Å². The van der Waals surface area contributed by atoms with Crippen molar-refractivity contribution in [2.45, 2.75) is 156 Å². The van der Waals surface area contributed by atoms with E-state index in [4.69, 9.17) is 28.4 Å². The number of ether oxygens (including phenoxy) is 6. The SMILES string of the molecule is COC1(C)CC(OC2C(C)C(=O)OC(C(C)C(C)O)C(C)C(OC(C)=O)C(C)C(=O)C(C)(O)CC(C)C(O)C2C)OC(C)C1OC(C)=O. The Kier molecular flexibility index (Phi) is 14.6. The van der Waals surface area contributed by atoms with E-state index in [0.29, 0.717) is 0 Å². The molecule has 48 heavy (non-hydrogen) atoms. The highest BCUT2D eigenvalue weighted by molar-refractivity contribution is 5.89. The molecule has 0 bridgehead atoms. The van der Waals surface area contributed by atoms with Gasteiger partial charge in [-0.2, -0.15) is 0 Å². The number of esters is 3. The quantitative estimate of drug-likeness (QED) is 0.262. The van der Waals surface area contributed by atoms with Gasteiger partial charge in [0, 0.05) is 45.1 Å². The van der Waals surface area contributed by atoms with E-state index in [1.165, 1.54) is 27.9 Å². The summed E-state index contributed by atoms with van der Waals surface area (Å²) in [5.74, 6) is -7.31. The molecule has 0 amide bonds.